The molecule has 0 radical (unpaired) electrons. The summed E-state index contributed by atoms with van der Waals surface area (Å²) in [5, 5.41) is 6.98. The van der Waals surface area contributed by atoms with Crippen LogP contribution in [0.2, 0.25) is 0 Å². The number of fused-ring (bicyclic) bond motifs is 1. The Morgan fingerprint density at radius 2 is 2.04 bits per heavy atom. The largest absolute Gasteiger partial charge is 0.349 e. The molecule has 8 heteroatoms. The fourth-order valence-corrected chi connectivity index (χ4v) is 5.01. The number of amides is 2. The number of hydrogen-bond acceptors (Lipinski definition) is 6. The van der Waals surface area contributed by atoms with Gasteiger partial charge in [-0.05, 0) is 33.4 Å². The minimum atomic E-state index is -0.116. The van der Waals surface area contributed by atoms with E-state index in [0.717, 1.165) is 38.0 Å². The third-order valence-corrected chi connectivity index (χ3v) is 6.53. The molecule has 0 saturated heterocycles. The van der Waals surface area contributed by atoms with Crippen molar-refractivity contribution in [3.8, 4) is 0 Å². The zero-order valence-corrected chi connectivity index (χ0v) is 16.9. The predicted octanol–water partition coefficient (Wildman–Crippen LogP) is 0.706. The fraction of sp³-hybridized carbons (Fsp3) is 0.722. The van der Waals surface area contributed by atoms with E-state index >= 15 is 0 Å². The normalized spacial score (nSPS) is 26.2. The Morgan fingerprint density at radius 1 is 1.27 bits per heavy atom. The van der Waals surface area contributed by atoms with Crippen molar-refractivity contribution in [3.05, 3.63) is 15.6 Å². The number of carbonyl (C=O) groups is 2. The maximum absolute atomic E-state index is 12.8. The molecular formula is C18H29N5O2S. The lowest BCUT2D eigenvalue weighted by atomic mass is 9.81. The molecule has 3 atom stereocenters. The smallest absolute Gasteiger partial charge is 0.280 e. The molecule has 1 fully saturated rings. The average Bonchev–Trinajstić information content (AvgIpc) is 3.04. The van der Waals surface area contributed by atoms with Crippen molar-refractivity contribution in [1.29, 1.82) is 0 Å². The van der Waals surface area contributed by atoms with E-state index in [1.165, 1.54) is 16.2 Å². The molecule has 1 aliphatic carbocycles. The second-order valence-electron chi connectivity index (χ2n) is 7.59. The number of nitrogens with one attached hydrogen (secondary N) is 2. The standard InChI is InChI=1S/C18H29N5O2S/c1-19-12-6-5-11(18(25)22(2)3)9-14(12)20-16(24)17-21-13-7-8-23(4)10-15(13)26-17/h11-12,14,19H,5-10H2,1-4H3,(H,20,24)/t11-,12-,14+/m0/s1. The van der Waals surface area contributed by atoms with Gasteiger partial charge in [-0.25, -0.2) is 4.98 Å². The summed E-state index contributed by atoms with van der Waals surface area (Å²) >= 11 is 1.50. The van der Waals surface area contributed by atoms with Crippen molar-refractivity contribution in [2.75, 3.05) is 34.7 Å². The monoisotopic (exact) mass is 379 g/mol. The molecule has 2 aliphatic rings. The summed E-state index contributed by atoms with van der Waals surface area (Å²) in [5.41, 5.74) is 1.06. The molecule has 2 amide bonds. The first-order valence-corrected chi connectivity index (χ1v) is 10.1. The van der Waals surface area contributed by atoms with Gasteiger partial charge in [0.2, 0.25) is 5.91 Å². The first-order valence-electron chi connectivity index (χ1n) is 9.25. The Labute approximate surface area is 159 Å². The van der Waals surface area contributed by atoms with Crippen LogP contribution in [0.15, 0.2) is 0 Å². The van der Waals surface area contributed by atoms with Gasteiger partial charge in [-0.15, -0.1) is 11.3 Å². The van der Waals surface area contributed by atoms with E-state index in [4.69, 9.17) is 0 Å². The van der Waals surface area contributed by atoms with E-state index in [-0.39, 0.29) is 29.8 Å². The molecule has 0 unspecified atom stereocenters. The molecule has 1 aromatic rings. The van der Waals surface area contributed by atoms with E-state index < -0.39 is 0 Å². The minimum absolute atomic E-state index is 0.0296. The summed E-state index contributed by atoms with van der Waals surface area (Å²) < 4.78 is 0. The molecule has 0 aromatic carbocycles. The van der Waals surface area contributed by atoms with Crippen LogP contribution in [0.1, 0.15) is 39.6 Å². The van der Waals surface area contributed by atoms with E-state index in [9.17, 15) is 9.59 Å². The summed E-state index contributed by atoms with van der Waals surface area (Å²) in [6.07, 6.45) is 3.30. The number of hydrogen-bond donors (Lipinski definition) is 2. The highest BCUT2D eigenvalue weighted by atomic mass is 32.1. The lowest BCUT2D eigenvalue weighted by Crippen LogP contribution is -2.53. The van der Waals surface area contributed by atoms with Crippen LogP contribution in [0.3, 0.4) is 0 Å². The van der Waals surface area contributed by atoms with Gasteiger partial charge in [-0.3, -0.25) is 9.59 Å². The van der Waals surface area contributed by atoms with Gasteiger partial charge in [0.1, 0.15) is 0 Å². The average molecular weight is 380 g/mol. The van der Waals surface area contributed by atoms with Crippen LogP contribution >= 0.6 is 11.3 Å². The number of thiazole rings is 1. The van der Waals surface area contributed by atoms with Gasteiger partial charge in [-0.1, -0.05) is 0 Å². The van der Waals surface area contributed by atoms with Gasteiger partial charge >= 0.3 is 0 Å². The van der Waals surface area contributed by atoms with Crippen molar-refractivity contribution in [2.24, 2.45) is 5.92 Å². The van der Waals surface area contributed by atoms with Gasteiger partial charge in [-0.2, -0.15) is 0 Å². The molecule has 0 bridgehead atoms. The van der Waals surface area contributed by atoms with Crippen molar-refractivity contribution < 1.29 is 9.59 Å². The highest BCUT2D eigenvalue weighted by Crippen LogP contribution is 2.28. The van der Waals surface area contributed by atoms with Crippen molar-refractivity contribution in [3.63, 3.8) is 0 Å². The number of nitrogens with zero attached hydrogens (tertiary/aromatic N) is 3. The van der Waals surface area contributed by atoms with E-state index in [1.54, 1.807) is 19.0 Å². The maximum Gasteiger partial charge on any atom is 0.280 e. The molecule has 2 N–H and O–H groups in total. The van der Waals surface area contributed by atoms with Gasteiger partial charge in [0.25, 0.3) is 5.91 Å². The molecule has 0 spiro atoms. The lowest BCUT2D eigenvalue weighted by Gasteiger charge is -2.36. The van der Waals surface area contributed by atoms with Gasteiger partial charge in [0, 0.05) is 56.5 Å². The molecule has 7 nitrogen and oxygen atoms in total. The number of rotatable bonds is 4. The molecule has 3 rings (SSSR count). The summed E-state index contributed by atoms with van der Waals surface area (Å²) in [6, 6.07) is 0.129. The molecule has 1 saturated carbocycles. The molecule has 2 heterocycles. The third-order valence-electron chi connectivity index (χ3n) is 5.44. The number of likely N-dealkylation sites (N-methyl/N-ethyl adjacent to an activating group) is 2. The number of aromatic nitrogens is 1. The van der Waals surface area contributed by atoms with Crippen LogP contribution in [0.5, 0.6) is 0 Å². The molecule has 1 aliphatic heterocycles. The predicted molar refractivity (Wildman–Crippen MR) is 102 cm³/mol. The Morgan fingerprint density at radius 3 is 2.73 bits per heavy atom. The summed E-state index contributed by atoms with van der Waals surface area (Å²) in [5.74, 6) is -0.000132. The van der Waals surface area contributed by atoms with E-state index in [0.29, 0.717) is 11.4 Å². The topological polar surface area (TPSA) is 77.6 Å². The minimum Gasteiger partial charge on any atom is -0.349 e. The SMILES string of the molecule is CN[C@H]1CC[C@H](C(=O)N(C)C)C[C@H]1NC(=O)c1nc2c(s1)CN(C)CC2. The summed E-state index contributed by atoms with van der Waals surface area (Å²) in [7, 11) is 7.58. The maximum atomic E-state index is 12.8. The second kappa shape index (κ2) is 8.02. The molecule has 144 valence electrons. The second-order valence-corrected chi connectivity index (χ2v) is 8.68. The summed E-state index contributed by atoms with van der Waals surface area (Å²) in [6.45, 7) is 1.85. The van der Waals surface area contributed by atoms with Crippen molar-refractivity contribution in [2.45, 2.75) is 44.3 Å². The Balaban J connectivity index is 1.69. The van der Waals surface area contributed by atoms with E-state index in [1.807, 2.05) is 7.05 Å². The highest BCUT2D eigenvalue weighted by Gasteiger charge is 2.35. The van der Waals surface area contributed by atoms with Gasteiger partial charge < -0.3 is 20.4 Å². The van der Waals surface area contributed by atoms with Crippen LogP contribution in [0.25, 0.3) is 0 Å². The first-order chi connectivity index (χ1) is 12.4. The zero-order valence-electron chi connectivity index (χ0n) is 16.0. The van der Waals surface area contributed by atoms with Crippen molar-refractivity contribution >= 4 is 23.2 Å². The molecule has 1 aromatic heterocycles. The Kier molecular flexibility index (Phi) is 5.94. The quantitative estimate of drug-likeness (QED) is 0.806. The highest BCUT2D eigenvalue weighted by molar-refractivity contribution is 7.13. The molecular weight excluding hydrogens is 350 g/mol. The fourth-order valence-electron chi connectivity index (χ4n) is 3.92. The Bertz CT molecular complexity index is 675. The van der Waals surface area contributed by atoms with E-state index in [2.05, 4.69) is 27.6 Å². The summed E-state index contributed by atoms with van der Waals surface area (Å²) in [4.78, 5) is 34.8. The van der Waals surface area contributed by atoms with Crippen molar-refractivity contribution in [1.82, 2.24) is 25.4 Å². The van der Waals surface area contributed by atoms with Crippen LogP contribution in [0.4, 0.5) is 0 Å². The zero-order chi connectivity index (χ0) is 18.8. The van der Waals surface area contributed by atoms with Crippen LogP contribution in [0, 0.1) is 5.92 Å². The van der Waals surface area contributed by atoms with Crippen LogP contribution < -0.4 is 10.6 Å². The van der Waals surface area contributed by atoms with Crippen LogP contribution in [-0.2, 0) is 17.8 Å². The number of carbonyl (C=O) groups excluding carboxylic acids is 2. The lowest BCUT2D eigenvalue weighted by molar-refractivity contribution is -0.134. The van der Waals surface area contributed by atoms with Gasteiger partial charge in [0.05, 0.1) is 5.69 Å². The Hall–Kier alpha value is -1.51. The van der Waals surface area contributed by atoms with Crippen LogP contribution in [-0.4, -0.2) is 73.4 Å². The third kappa shape index (κ3) is 4.07. The first kappa shape index (κ1) is 19.3. The molecule has 26 heavy (non-hydrogen) atoms. The van der Waals surface area contributed by atoms with Gasteiger partial charge in [0.15, 0.2) is 5.01 Å².